The number of thioether (sulfide) groups is 2. The van der Waals surface area contributed by atoms with Crippen molar-refractivity contribution in [2.75, 3.05) is 13.2 Å². The molecule has 31 heavy (non-hydrogen) atoms. The number of aliphatic hydroxyl groups is 1. The van der Waals surface area contributed by atoms with Gasteiger partial charge >= 0.3 is 5.97 Å². The van der Waals surface area contributed by atoms with E-state index in [0.29, 0.717) is 23.2 Å². The highest BCUT2D eigenvalue weighted by molar-refractivity contribution is 8.24. The quantitative estimate of drug-likeness (QED) is 0.300. The van der Waals surface area contributed by atoms with Crippen LogP contribution in [0.15, 0.2) is 31.7 Å². The Balaban J connectivity index is 0.00000233. The average molecular weight is 466 g/mol. The first-order valence-electron chi connectivity index (χ1n) is 10.1. The van der Waals surface area contributed by atoms with Crippen LogP contribution in [0.25, 0.3) is 0 Å². The number of rotatable bonds is 9. The summed E-state index contributed by atoms with van der Waals surface area (Å²) in [4.78, 5) is 22.4. The van der Waals surface area contributed by atoms with Crippen molar-refractivity contribution in [1.82, 2.24) is 0 Å². The lowest BCUT2D eigenvalue weighted by Crippen LogP contribution is -2.22. The highest BCUT2D eigenvalue weighted by atomic mass is 32.2. The minimum absolute atomic E-state index is 0.00310. The first-order valence-corrected chi connectivity index (χ1v) is 11.7. The lowest BCUT2D eigenvalue weighted by Gasteiger charge is -2.16. The largest absolute Gasteiger partial charge is 0.492 e. The SMILES string of the molecule is C=O.CCCC(C)COc1ccc(C)c2c1S/C(=C(\C#N)C(=O)OCCC(C)(C)O)S2. The molecule has 1 aliphatic heterocycles. The molecule has 170 valence electrons. The van der Waals surface area contributed by atoms with E-state index in [9.17, 15) is 15.2 Å². The first-order chi connectivity index (χ1) is 14.7. The number of ether oxygens (including phenoxy) is 2. The van der Waals surface area contributed by atoms with Crippen LogP contribution in [0.5, 0.6) is 5.75 Å². The monoisotopic (exact) mass is 465 g/mol. The van der Waals surface area contributed by atoms with Crippen LogP contribution in [-0.4, -0.2) is 36.7 Å². The zero-order chi connectivity index (χ0) is 23.6. The Kier molecular flexibility index (Phi) is 11.2. The lowest BCUT2D eigenvalue weighted by atomic mass is 10.1. The van der Waals surface area contributed by atoms with E-state index in [0.717, 1.165) is 33.9 Å². The summed E-state index contributed by atoms with van der Waals surface area (Å²) in [5.74, 6) is 0.594. The molecule has 0 spiro atoms. The molecular formula is C23H31NO5S2. The van der Waals surface area contributed by atoms with Gasteiger partial charge in [0.05, 0.1) is 27.9 Å². The van der Waals surface area contributed by atoms with Gasteiger partial charge in [0.15, 0.2) is 5.57 Å². The molecule has 0 aliphatic carbocycles. The normalized spacial score (nSPS) is 15.1. The fourth-order valence-electron chi connectivity index (χ4n) is 2.74. The number of carbonyl (C=O) groups is 2. The molecule has 0 saturated heterocycles. The Labute approximate surface area is 193 Å². The van der Waals surface area contributed by atoms with Crippen molar-refractivity contribution in [3.8, 4) is 11.8 Å². The minimum Gasteiger partial charge on any atom is -0.492 e. The van der Waals surface area contributed by atoms with Gasteiger partial charge in [0.2, 0.25) is 0 Å². The third-order valence-electron chi connectivity index (χ3n) is 4.43. The van der Waals surface area contributed by atoms with Crippen molar-refractivity contribution in [3.63, 3.8) is 0 Å². The van der Waals surface area contributed by atoms with Crippen LogP contribution in [0.3, 0.4) is 0 Å². The maximum Gasteiger partial charge on any atom is 0.350 e. The van der Waals surface area contributed by atoms with Crippen LogP contribution >= 0.6 is 23.5 Å². The summed E-state index contributed by atoms with van der Waals surface area (Å²) in [6.45, 7) is 12.3. The van der Waals surface area contributed by atoms with Gasteiger partial charge in [-0.15, -0.1) is 0 Å². The summed E-state index contributed by atoms with van der Waals surface area (Å²) in [6, 6.07) is 5.95. The van der Waals surface area contributed by atoms with E-state index < -0.39 is 11.6 Å². The number of aryl methyl sites for hydroxylation is 1. The third kappa shape index (κ3) is 8.24. The molecule has 1 atom stereocenters. The molecular weight excluding hydrogens is 434 g/mol. The van der Waals surface area contributed by atoms with Crippen LogP contribution in [-0.2, 0) is 14.3 Å². The number of fused-ring (bicyclic) bond motifs is 1. The summed E-state index contributed by atoms with van der Waals surface area (Å²) in [5.41, 5.74) is 0.150. The Hall–Kier alpha value is -1.95. The first kappa shape index (κ1) is 27.1. The van der Waals surface area contributed by atoms with Gasteiger partial charge in [-0.25, -0.2) is 4.79 Å². The second kappa shape index (κ2) is 12.8. The molecule has 0 radical (unpaired) electrons. The van der Waals surface area contributed by atoms with Gasteiger partial charge in [-0.3, -0.25) is 0 Å². The molecule has 8 heteroatoms. The number of carbonyl (C=O) groups excluding carboxylic acids is 2. The summed E-state index contributed by atoms with van der Waals surface area (Å²) < 4.78 is 11.9. The minimum atomic E-state index is -0.925. The van der Waals surface area contributed by atoms with Gasteiger partial charge in [-0.2, -0.15) is 5.26 Å². The zero-order valence-corrected chi connectivity index (χ0v) is 20.5. The molecule has 0 aromatic heterocycles. The summed E-state index contributed by atoms with van der Waals surface area (Å²) in [7, 11) is 0. The molecule has 0 bridgehead atoms. The van der Waals surface area contributed by atoms with Crippen molar-refractivity contribution in [3.05, 3.63) is 27.5 Å². The van der Waals surface area contributed by atoms with E-state index in [1.807, 2.05) is 31.9 Å². The van der Waals surface area contributed by atoms with Gasteiger partial charge in [0.25, 0.3) is 0 Å². The Morgan fingerprint density at radius 3 is 2.52 bits per heavy atom. The third-order valence-corrected chi connectivity index (χ3v) is 7.18. The van der Waals surface area contributed by atoms with Crippen molar-refractivity contribution >= 4 is 36.3 Å². The molecule has 0 amide bonds. The Morgan fingerprint density at radius 1 is 1.29 bits per heavy atom. The van der Waals surface area contributed by atoms with Gasteiger partial charge < -0.3 is 19.4 Å². The number of benzene rings is 1. The van der Waals surface area contributed by atoms with Crippen LogP contribution in [0.4, 0.5) is 0 Å². The van der Waals surface area contributed by atoms with E-state index in [2.05, 4.69) is 13.8 Å². The van der Waals surface area contributed by atoms with Crippen molar-refractivity contribution in [1.29, 1.82) is 5.26 Å². The average Bonchev–Trinajstić information content (AvgIpc) is 3.15. The van der Waals surface area contributed by atoms with Gasteiger partial charge in [0, 0.05) is 11.3 Å². The molecule has 1 unspecified atom stereocenters. The molecule has 1 N–H and O–H groups in total. The summed E-state index contributed by atoms with van der Waals surface area (Å²) in [6.07, 6.45) is 2.53. The zero-order valence-electron chi connectivity index (χ0n) is 18.8. The molecule has 2 rings (SSSR count). The number of hydrogen-bond acceptors (Lipinski definition) is 8. The van der Waals surface area contributed by atoms with Crippen LogP contribution in [0.2, 0.25) is 0 Å². The Bertz CT molecular complexity index is 840. The van der Waals surface area contributed by atoms with E-state index in [1.54, 1.807) is 13.8 Å². The highest BCUT2D eigenvalue weighted by Gasteiger charge is 2.29. The lowest BCUT2D eigenvalue weighted by molar-refractivity contribution is -0.139. The fourth-order valence-corrected chi connectivity index (χ4v) is 5.39. The molecule has 1 heterocycles. The van der Waals surface area contributed by atoms with E-state index in [-0.39, 0.29) is 12.2 Å². The number of hydrogen-bond donors (Lipinski definition) is 1. The molecule has 6 nitrogen and oxygen atoms in total. The highest BCUT2D eigenvalue weighted by Crippen LogP contribution is 2.56. The summed E-state index contributed by atoms with van der Waals surface area (Å²) >= 11 is 2.80. The predicted octanol–water partition coefficient (Wildman–Crippen LogP) is 5.26. The van der Waals surface area contributed by atoms with E-state index in [1.165, 1.54) is 23.5 Å². The smallest absolute Gasteiger partial charge is 0.350 e. The number of nitrogens with zero attached hydrogens (tertiary/aromatic N) is 1. The Morgan fingerprint density at radius 2 is 1.94 bits per heavy atom. The molecule has 0 fully saturated rings. The predicted molar refractivity (Wildman–Crippen MR) is 124 cm³/mol. The van der Waals surface area contributed by atoms with E-state index >= 15 is 0 Å². The van der Waals surface area contributed by atoms with Crippen molar-refractivity contribution in [2.45, 2.75) is 69.3 Å². The summed E-state index contributed by atoms with van der Waals surface area (Å²) in [5, 5.41) is 19.3. The van der Waals surface area contributed by atoms with Crippen molar-refractivity contribution < 1.29 is 24.2 Å². The van der Waals surface area contributed by atoms with Crippen LogP contribution < -0.4 is 4.74 Å². The van der Waals surface area contributed by atoms with Gasteiger partial charge in [0.1, 0.15) is 18.6 Å². The van der Waals surface area contributed by atoms with Gasteiger partial charge in [-0.05, 0) is 44.7 Å². The van der Waals surface area contributed by atoms with Gasteiger partial charge in [-0.1, -0.05) is 49.9 Å². The maximum atomic E-state index is 12.4. The molecule has 1 aromatic rings. The standard InChI is InChI=1S/C22H29NO4S2.CH2O/c1-6-7-14(2)13-27-17-9-8-15(3)18-19(17)29-21(28-18)16(12-23)20(24)26-11-10-22(4,5)25;1-2/h8-9,14,25H,6-7,10-11,13H2,1-5H3;1H2/b21-16+;. The second-order valence-electron chi connectivity index (χ2n) is 7.92. The molecule has 1 aromatic carbocycles. The topological polar surface area (TPSA) is 96.6 Å². The number of nitriles is 1. The van der Waals surface area contributed by atoms with Crippen molar-refractivity contribution in [2.24, 2.45) is 5.92 Å². The van der Waals surface area contributed by atoms with Crippen LogP contribution in [0, 0.1) is 24.2 Å². The van der Waals surface area contributed by atoms with Crippen LogP contribution in [0.1, 0.15) is 52.5 Å². The fraction of sp³-hybridized carbons (Fsp3) is 0.522. The number of esters is 1. The molecule has 0 saturated carbocycles. The molecule has 1 aliphatic rings. The second-order valence-corrected chi connectivity index (χ2v) is 10.2. The maximum absolute atomic E-state index is 12.4. The van der Waals surface area contributed by atoms with E-state index in [4.69, 9.17) is 14.3 Å².